The summed E-state index contributed by atoms with van der Waals surface area (Å²) < 4.78 is 5.26. The van der Waals surface area contributed by atoms with Crippen molar-refractivity contribution in [3.8, 4) is 0 Å². The van der Waals surface area contributed by atoms with Gasteiger partial charge in [0.2, 0.25) is 0 Å². The summed E-state index contributed by atoms with van der Waals surface area (Å²) in [5.41, 5.74) is 3.11. The summed E-state index contributed by atoms with van der Waals surface area (Å²) in [7, 11) is 0. The van der Waals surface area contributed by atoms with Gasteiger partial charge in [-0.15, -0.1) is 0 Å². The van der Waals surface area contributed by atoms with E-state index in [0.717, 1.165) is 16.8 Å². The van der Waals surface area contributed by atoms with Crippen molar-refractivity contribution in [1.82, 2.24) is 0 Å². The molecular formula is C14H17NO3. The molecule has 1 aromatic rings. The molecule has 1 aromatic carbocycles. The van der Waals surface area contributed by atoms with Gasteiger partial charge in [0.25, 0.3) is 11.7 Å². The summed E-state index contributed by atoms with van der Waals surface area (Å²) in [6.07, 6.45) is 0. The zero-order chi connectivity index (χ0) is 13.3. The molecule has 0 radical (unpaired) electrons. The average Bonchev–Trinajstić information content (AvgIpc) is 2.60. The Morgan fingerprint density at radius 2 is 1.83 bits per heavy atom. The van der Waals surface area contributed by atoms with E-state index in [-0.39, 0.29) is 0 Å². The van der Waals surface area contributed by atoms with E-state index in [4.69, 9.17) is 4.74 Å². The van der Waals surface area contributed by atoms with Crippen molar-refractivity contribution in [2.45, 2.75) is 20.8 Å². The van der Waals surface area contributed by atoms with E-state index in [1.807, 2.05) is 32.9 Å². The second-order valence-corrected chi connectivity index (χ2v) is 4.41. The number of amides is 1. The van der Waals surface area contributed by atoms with E-state index in [1.165, 1.54) is 4.90 Å². The minimum absolute atomic E-state index is 0.400. The van der Waals surface area contributed by atoms with Gasteiger partial charge in [0.15, 0.2) is 0 Å². The van der Waals surface area contributed by atoms with Crippen molar-refractivity contribution in [1.29, 1.82) is 0 Å². The summed E-state index contributed by atoms with van der Waals surface area (Å²) in [5, 5.41) is 0. The van der Waals surface area contributed by atoms with E-state index in [2.05, 4.69) is 0 Å². The highest BCUT2D eigenvalue weighted by molar-refractivity contribution is 6.52. The minimum atomic E-state index is -0.442. The highest BCUT2D eigenvalue weighted by Crippen LogP contribution is 2.34. The van der Waals surface area contributed by atoms with E-state index >= 15 is 0 Å². The number of aryl methyl sites for hydroxylation is 2. The molecule has 1 aliphatic rings. The number of hydrogen-bond donors (Lipinski definition) is 0. The van der Waals surface area contributed by atoms with E-state index in [1.54, 1.807) is 0 Å². The number of fused-ring (bicyclic) bond motifs is 1. The molecule has 0 fully saturated rings. The molecule has 0 bridgehead atoms. The van der Waals surface area contributed by atoms with Crippen LogP contribution in [0.2, 0.25) is 0 Å². The molecule has 1 aliphatic heterocycles. The Bertz CT molecular complexity index is 508. The summed E-state index contributed by atoms with van der Waals surface area (Å²) >= 11 is 0. The Labute approximate surface area is 107 Å². The molecule has 0 aromatic heterocycles. The zero-order valence-corrected chi connectivity index (χ0v) is 10.9. The molecular weight excluding hydrogens is 230 g/mol. The van der Waals surface area contributed by atoms with Crippen LogP contribution in [0.25, 0.3) is 0 Å². The summed E-state index contributed by atoms with van der Waals surface area (Å²) in [4.78, 5) is 25.5. The fraction of sp³-hybridized carbons (Fsp3) is 0.429. The average molecular weight is 247 g/mol. The molecule has 0 aliphatic carbocycles. The van der Waals surface area contributed by atoms with Crippen LogP contribution < -0.4 is 4.90 Å². The second-order valence-electron chi connectivity index (χ2n) is 4.41. The van der Waals surface area contributed by atoms with Gasteiger partial charge >= 0.3 is 0 Å². The number of Topliss-reactive ketones (excluding diaryl/α,β-unsaturated/α-hetero) is 1. The topological polar surface area (TPSA) is 46.6 Å². The zero-order valence-electron chi connectivity index (χ0n) is 10.9. The number of carbonyl (C=O) groups excluding carboxylic acids is 2. The van der Waals surface area contributed by atoms with E-state index in [0.29, 0.717) is 25.3 Å². The van der Waals surface area contributed by atoms with Crippen LogP contribution in [0.4, 0.5) is 5.69 Å². The Morgan fingerprint density at radius 3 is 2.50 bits per heavy atom. The molecule has 4 heteroatoms. The molecule has 18 heavy (non-hydrogen) atoms. The SMILES string of the molecule is CCOCCN1C(=O)C(=O)c2c(C)ccc(C)c21. The number of ether oxygens (including phenoxy) is 1. The molecule has 1 amide bonds. The van der Waals surface area contributed by atoms with Gasteiger partial charge in [0.1, 0.15) is 0 Å². The van der Waals surface area contributed by atoms with Crippen molar-refractivity contribution in [2.24, 2.45) is 0 Å². The molecule has 0 N–H and O–H groups in total. The Hall–Kier alpha value is -1.68. The number of nitrogens with zero attached hydrogens (tertiary/aromatic N) is 1. The maximum absolute atomic E-state index is 12.0. The smallest absolute Gasteiger partial charge is 0.299 e. The van der Waals surface area contributed by atoms with Crippen molar-refractivity contribution in [3.63, 3.8) is 0 Å². The lowest BCUT2D eigenvalue weighted by Gasteiger charge is -2.18. The molecule has 96 valence electrons. The van der Waals surface area contributed by atoms with Gasteiger partial charge in [0.05, 0.1) is 17.9 Å². The molecule has 2 rings (SSSR count). The van der Waals surface area contributed by atoms with Crippen LogP contribution in [0.3, 0.4) is 0 Å². The third-order valence-corrected chi connectivity index (χ3v) is 3.19. The standard InChI is InChI=1S/C14H17NO3/c1-4-18-8-7-15-12-10(3)6-5-9(2)11(12)13(16)14(15)17/h5-6H,4,7-8H2,1-3H3. The Morgan fingerprint density at radius 1 is 1.17 bits per heavy atom. The van der Waals surface area contributed by atoms with Crippen LogP contribution in [0.5, 0.6) is 0 Å². The van der Waals surface area contributed by atoms with Crippen molar-refractivity contribution < 1.29 is 14.3 Å². The number of ketones is 1. The first kappa shape index (κ1) is 12.8. The van der Waals surface area contributed by atoms with Gasteiger partial charge in [0, 0.05) is 13.2 Å². The highest BCUT2D eigenvalue weighted by Gasteiger charge is 2.37. The highest BCUT2D eigenvalue weighted by atomic mass is 16.5. The van der Waals surface area contributed by atoms with E-state index < -0.39 is 11.7 Å². The predicted octanol–water partition coefficient (Wildman–Crippen LogP) is 1.87. The normalized spacial score (nSPS) is 14.3. The van der Waals surface area contributed by atoms with Gasteiger partial charge in [-0.05, 0) is 31.9 Å². The van der Waals surface area contributed by atoms with Crippen LogP contribution in [0.15, 0.2) is 12.1 Å². The fourth-order valence-electron chi connectivity index (χ4n) is 2.28. The molecule has 0 spiro atoms. The Balaban J connectivity index is 2.39. The molecule has 0 atom stereocenters. The maximum atomic E-state index is 12.0. The van der Waals surface area contributed by atoms with Crippen molar-refractivity contribution in [2.75, 3.05) is 24.7 Å². The molecule has 1 heterocycles. The van der Waals surface area contributed by atoms with Crippen molar-refractivity contribution in [3.05, 3.63) is 28.8 Å². The number of anilines is 1. The van der Waals surface area contributed by atoms with Gasteiger partial charge in [-0.2, -0.15) is 0 Å². The van der Waals surface area contributed by atoms with Gasteiger partial charge in [-0.25, -0.2) is 0 Å². The predicted molar refractivity (Wildman–Crippen MR) is 69.1 cm³/mol. The lowest BCUT2D eigenvalue weighted by atomic mass is 10.0. The number of hydrogen-bond acceptors (Lipinski definition) is 3. The minimum Gasteiger partial charge on any atom is -0.380 e. The van der Waals surface area contributed by atoms with Crippen molar-refractivity contribution >= 4 is 17.4 Å². The first-order valence-corrected chi connectivity index (χ1v) is 6.12. The summed E-state index contributed by atoms with van der Waals surface area (Å²) in [6, 6.07) is 3.82. The monoisotopic (exact) mass is 247 g/mol. The second kappa shape index (κ2) is 4.90. The molecule has 0 saturated carbocycles. The largest absolute Gasteiger partial charge is 0.380 e. The van der Waals surface area contributed by atoms with Crippen LogP contribution in [0.1, 0.15) is 28.4 Å². The summed E-state index contributed by atoms with van der Waals surface area (Å²) in [5.74, 6) is -0.843. The van der Waals surface area contributed by atoms with Crippen LogP contribution in [0, 0.1) is 13.8 Å². The molecule has 0 saturated heterocycles. The van der Waals surface area contributed by atoms with Gasteiger partial charge in [-0.1, -0.05) is 12.1 Å². The van der Waals surface area contributed by atoms with Crippen LogP contribution in [-0.4, -0.2) is 31.4 Å². The first-order chi connectivity index (χ1) is 8.57. The van der Waals surface area contributed by atoms with Gasteiger partial charge in [-0.3, -0.25) is 9.59 Å². The lowest BCUT2D eigenvalue weighted by Crippen LogP contribution is -2.33. The fourth-order valence-corrected chi connectivity index (χ4v) is 2.28. The Kier molecular flexibility index (Phi) is 3.48. The molecule has 0 unspecified atom stereocenters. The maximum Gasteiger partial charge on any atom is 0.299 e. The third-order valence-electron chi connectivity index (χ3n) is 3.19. The first-order valence-electron chi connectivity index (χ1n) is 6.12. The number of benzene rings is 1. The van der Waals surface area contributed by atoms with E-state index in [9.17, 15) is 9.59 Å². The summed E-state index contributed by atoms with van der Waals surface area (Å²) in [6.45, 7) is 7.15. The third kappa shape index (κ3) is 1.93. The quantitative estimate of drug-likeness (QED) is 0.602. The molecule has 4 nitrogen and oxygen atoms in total. The van der Waals surface area contributed by atoms with Crippen LogP contribution in [-0.2, 0) is 9.53 Å². The number of carbonyl (C=O) groups is 2. The number of rotatable bonds is 4. The van der Waals surface area contributed by atoms with Gasteiger partial charge < -0.3 is 9.64 Å². The lowest BCUT2D eigenvalue weighted by molar-refractivity contribution is -0.114. The van der Waals surface area contributed by atoms with Crippen LogP contribution >= 0.6 is 0 Å².